The second-order valence-corrected chi connectivity index (χ2v) is 4.62. The molecular weight excluding hydrogens is 260 g/mol. The molecule has 0 bridgehead atoms. The summed E-state index contributed by atoms with van der Waals surface area (Å²) in [5, 5.41) is 19.7. The summed E-state index contributed by atoms with van der Waals surface area (Å²) >= 11 is 0. The van der Waals surface area contributed by atoms with Crippen molar-refractivity contribution in [2.24, 2.45) is 5.73 Å². The number of nitrogens with one attached hydrogen (secondary N) is 1. The number of hydrogen-bond donors (Lipinski definition) is 4. The van der Waals surface area contributed by atoms with Gasteiger partial charge < -0.3 is 21.3 Å². The van der Waals surface area contributed by atoms with E-state index in [1.807, 2.05) is 30.3 Å². The van der Waals surface area contributed by atoms with Crippen molar-refractivity contribution >= 4 is 11.9 Å². The Hall–Kier alpha value is -1.92. The van der Waals surface area contributed by atoms with Crippen LogP contribution in [0.4, 0.5) is 0 Å². The normalized spacial score (nSPS) is 18.8. The monoisotopic (exact) mass is 280 g/mol. The van der Waals surface area contributed by atoms with E-state index in [9.17, 15) is 9.59 Å². The quantitative estimate of drug-likeness (QED) is 0.637. The van der Waals surface area contributed by atoms with Gasteiger partial charge in [0, 0.05) is 0 Å². The fourth-order valence-corrected chi connectivity index (χ4v) is 1.85. The van der Waals surface area contributed by atoms with Crippen LogP contribution in [0.1, 0.15) is 18.4 Å². The van der Waals surface area contributed by atoms with E-state index < -0.39 is 18.0 Å². The van der Waals surface area contributed by atoms with E-state index in [0.29, 0.717) is 6.42 Å². The SMILES string of the molecule is N[C@@H](Cc1ccccc1)C(=O)O.O=C(O)[C@@H]1CCCN1. The molecule has 2 atom stereocenters. The van der Waals surface area contributed by atoms with Gasteiger partial charge in [-0.05, 0) is 31.4 Å². The third-order valence-corrected chi connectivity index (χ3v) is 2.97. The highest BCUT2D eigenvalue weighted by Gasteiger charge is 2.20. The van der Waals surface area contributed by atoms with Crippen LogP contribution in [0.25, 0.3) is 0 Å². The van der Waals surface area contributed by atoms with Crippen LogP contribution in [0.15, 0.2) is 30.3 Å². The topological polar surface area (TPSA) is 113 Å². The van der Waals surface area contributed by atoms with Gasteiger partial charge in [-0.1, -0.05) is 30.3 Å². The Balaban J connectivity index is 0.000000217. The Labute approximate surface area is 117 Å². The summed E-state index contributed by atoms with van der Waals surface area (Å²) in [7, 11) is 0. The maximum absolute atomic E-state index is 10.4. The number of rotatable bonds is 4. The number of hydrogen-bond acceptors (Lipinski definition) is 4. The zero-order chi connectivity index (χ0) is 15.0. The Bertz CT molecular complexity index is 430. The molecule has 0 aromatic heterocycles. The molecule has 1 aromatic rings. The van der Waals surface area contributed by atoms with Crippen molar-refractivity contribution in [3.63, 3.8) is 0 Å². The summed E-state index contributed by atoms with van der Waals surface area (Å²) in [4.78, 5) is 20.5. The van der Waals surface area contributed by atoms with Crippen molar-refractivity contribution in [3.8, 4) is 0 Å². The first-order chi connectivity index (χ1) is 9.50. The molecule has 1 aliphatic heterocycles. The summed E-state index contributed by atoms with van der Waals surface area (Å²) in [6, 6.07) is 8.28. The molecule has 1 heterocycles. The van der Waals surface area contributed by atoms with Crippen LogP contribution in [0.2, 0.25) is 0 Å². The lowest BCUT2D eigenvalue weighted by Gasteiger charge is -2.04. The van der Waals surface area contributed by atoms with Crippen molar-refractivity contribution in [2.75, 3.05) is 6.54 Å². The van der Waals surface area contributed by atoms with Crippen LogP contribution in [0.5, 0.6) is 0 Å². The molecule has 0 saturated carbocycles. The van der Waals surface area contributed by atoms with Crippen molar-refractivity contribution in [3.05, 3.63) is 35.9 Å². The fourth-order valence-electron chi connectivity index (χ4n) is 1.85. The van der Waals surface area contributed by atoms with E-state index in [0.717, 1.165) is 24.9 Å². The molecule has 6 nitrogen and oxygen atoms in total. The second kappa shape index (κ2) is 8.29. The van der Waals surface area contributed by atoms with Crippen LogP contribution in [-0.4, -0.2) is 40.8 Å². The van der Waals surface area contributed by atoms with E-state index in [2.05, 4.69) is 5.32 Å². The van der Waals surface area contributed by atoms with Crippen LogP contribution in [0, 0.1) is 0 Å². The van der Waals surface area contributed by atoms with Crippen LogP contribution < -0.4 is 11.1 Å². The summed E-state index contributed by atoms with van der Waals surface area (Å²) in [6.45, 7) is 0.858. The summed E-state index contributed by atoms with van der Waals surface area (Å²) in [5.74, 6) is -1.68. The van der Waals surface area contributed by atoms with E-state index in [-0.39, 0.29) is 6.04 Å². The standard InChI is InChI=1S/C9H11NO2.C5H9NO2/c10-8(9(11)12)6-7-4-2-1-3-5-7;7-5(8)4-2-1-3-6-4/h1-5,8H,6,10H2,(H,11,12);4,6H,1-3H2,(H,7,8)/t8-;4-/m00/s1. The number of benzene rings is 1. The first kappa shape index (κ1) is 16.1. The van der Waals surface area contributed by atoms with E-state index >= 15 is 0 Å². The highest BCUT2D eigenvalue weighted by atomic mass is 16.4. The number of carboxylic acids is 2. The number of aliphatic carboxylic acids is 2. The Morgan fingerprint density at radius 2 is 1.95 bits per heavy atom. The number of nitrogens with two attached hydrogens (primary N) is 1. The molecule has 1 aliphatic rings. The summed E-state index contributed by atoms with van der Waals surface area (Å²) in [5.41, 5.74) is 6.30. The molecule has 2 rings (SSSR count). The molecule has 0 unspecified atom stereocenters. The lowest BCUT2D eigenvalue weighted by molar-refractivity contribution is -0.139. The van der Waals surface area contributed by atoms with Crippen molar-refractivity contribution < 1.29 is 19.8 Å². The number of carbonyl (C=O) groups is 2. The molecular formula is C14H20N2O4. The first-order valence-corrected chi connectivity index (χ1v) is 6.49. The molecule has 110 valence electrons. The average Bonchev–Trinajstić information content (AvgIpc) is 2.94. The van der Waals surface area contributed by atoms with E-state index in [4.69, 9.17) is 15.9 Å². The van der Waals surface area contributed by atoms with Crippen LogP contribution in [0.3, 0.4) is 0 Å². The smallest absolute Gasteiger partial charge is 0.320 e. The zero-order valence-electron chi connectivity index (χ0n) is 11.2. The molecule has 20 heavy (non-hydrogen) atoms. The minimum Gasteiger partial charge on any atom is -0.480 e. The fraction of sp³-hybridized carbons (Fsp3) is 0.429. The molecule has 5 N–H and O–H groups in total. The minimum atomic E-state index is -0.959. The third kappa shape index (κ3) is 5.81. The Morgan fingerprint density at radius 1 is 1.30 bits per heavy atom. The van der Waals surface area contributed by atoms with Gasteiger partial charge in [-0.15, -0.1) is 0 Å². The van der Waals surface area contributed by atoms with Crippen molar-refractivity contribution in [1.29, 1.82) is 0 Å². The first-order valence-electron chi connectivity index (χ1n) is 6.49. The van der Waals surface area contributed by atoms with Crippen LogP contribution >= 0.6 is 0 Å². The van der Waals surface area contributed by atoms with Gasteiger partial charge in [-0.3, -0.25) is 9.59 Å². The molecule has 6 heteroatoms. The minimum absolute atomic E-state index is 0.269. The molecule has 0 amide bonds. The largest absolute Gasteiger partial charge is 0.480 e. The van der Waals surface area contributed by atoms with Crippen molar-refractivity contribution in [1.82, 2.24) is 5.32 Å². The zero-order valence-corrected chi connectivity index (χ0v) is 11.2. The van der Waals surface area contributed by atoms with Gasteiger partial charge in [-0.2, -0.15) is 0 Å². The molecule has 1 fully saturated rings. The van der Waals surface area contributed by atoms with Gasteiger partial charge in [-0.25, -0.2) is 0 Å². The molecule has 1 aromatic carbocycles. The second-order valence-electron chi connectivity index (χ2n) is 4.62. The Morgan fingerprint density at radius 3 is 2.35 bits per heavy atom. The molecule has 0 spiro atoms. The maximum Gasteiger partial charge on any atom is 0.320 e. The molecule has 0 aliphatic carbocycles. The predicted octanol–water partition coefficient (Wildman–Crippen LogP) is 0.464. The lowest BCUT2D eigenvalue weighted by atomic mass is 10.1. The third-order valence-electron chi connectivity index (χ3n) is 2.97. The lowest BCUT2D eigenvalue weighted by Crippen LogP contribution is -2.32. The highest BCUT2D eigenvalue weighted by molar-refractivity contribution is 5.74. The van der Waals surface area contributed by atoms with E-state index in [1.165, 1.54) is 0 Å². The maximum atomic E-state index is 10.4. The Kier molecular flexibility index (Phi) is 6.69. The van der Waals surface area contributed by atoms with Gasteiger partial charge in [0.05, 0.1) is 0 Å². The molecule has 0 radical (unpaired) electrons. The van der Waals surface area contributed by atoms with Crippen molar-refractivity contribution in [2.45, 2.75) is 31.3 Å². The average molecular weight is 280 g/mol. The summed E-state index contributed by atoms with van der Waals surface area (Å²) in [6.07, 6.45) is 2.17. The van der Waals surface area contributed by atoms with Gasteiger partial charge in [0.25, 0.3) is 0 Å². The van der Waals surface area contributed by atoms with Gasteiger partial charge in [0.2, 0.25) is 0 Å². The predicted molar refractivity (Wildman–Crippen MR) is 74.4 cm³/mol. The molecule has 1 saturated heterocycles. The van der Waals surface area contributed by atoms with Gasteiger partial charge in [0.1, 0.15) is 12.1 Å². The van der Waals surface area contributed by atoms with E-state index in [1.54, 1.807) is 0 Å². The summed E-state index contributed by atoms with van der Waals surface area (Å²) < 4.78 is 0. The van der Waals surface area contributed by atoms with Gasteiger partial charge >= 0.3 is 11.9 Å². The highest BCUT2D eigenvalue weighted by Crippen LogP contribution is 2.03. The van der Waals surface area contributed by atoms with Gasteiger partial charge in [0.15, 0.2) is 0 Å². The van der Waals surface area contributed by atoms with Crippen LogP contribution in [-0.2, 0) is 16.0 Å². The number of carboxylic acid groups (broad SMARTS) is 2.